The van der Waals surface area contributed by atoms with Gasteiger partial charge in [-0.3, -0.25) is 10.00 Å². The minimum atomic E-state index is -0.343. The molecule has 1 saturated heterocycles. The zero-order valence-electron chi connectivity index (χ0n) is 15.7. The molecule has 1 aromatic heterocycles. The fraction of sp³-hybridized carbons (Fsp3) is 0.789. The van der Waals surface area contributed by atoms with Gasteiger partial charge >= 0.3 is 5.97 Å². The number of likely N-dealkylation sites (tertiary alicyclic amines) is 1. The quantitative estimate of drug-likeness (QED) is 0.801. The second-order valence-corrected chi connectivity index (χ2v) is 7.77. The topological polar surface area (TPSA) is 61.5 Å². The molecule has 2 fully saturated rings. The molecule has 0 amide bonds. The van der Waals surface area contributed by atoms with Crippen molar-refractivity contribution in [3.63, 3.8) is 0 Å². The van der Waals surface area contributed by atoms with Crippen LogP contribution in [0.2, 0.25) is 0 Å². The normalized spacial score (nSPS) is 21.4. The molecule has 0 radical (unpaired) electrons. The number of hydrogen-bond acceptors (Lipinski definition) is 5. The highest BCUT2D eigenvalue weighted by molar-refractivity contribution is 5.88. The highest BCUT2D eigenvalue weighted by Crippen LogP contribution is 2.36. The van der Waals surface area contributed by atoms with Crippen molar-refractivity contribution in [3.8, 4) is 0 Å². The second kappa shape index (κ2) is 8.32. The summed E-state index contributed by atoms with van der Waals surface area (Å²) in [5.41, 5.74) is 1.70. The van der Waals surface area contributed by atoms with Crippen molar-refractivity contribution in [1.29, 1.82) is 0 Å². The van der Waals surface area contributed by atoms with Gasteiger partial charge in [0.1, 0.15) is 5.69 Å². The summed E-state index contributed by atoms with van der Waals surface area (Å²) >= 11 is 0. The fourth-order valence-electron chi connectivity index (χ4n) is 4.71. The van der Waals surface area contributed by atoms with Crippen LogP contribution in [0.5, 0.6) is 0 Å². The number of carbonyl (C=O) groups is 1. The van der Waals surface area contributed by atoms with Crippen molar-refractivity contribution < 1.29 is 9.53 Å². The number of methoxy groups -OCH3 is 1. The van der Waals surface area contributed by atoms with Crippen molar-refractivity contribution in [2.75, 3.05) is 33.8 Å². The van der Waals surface area contributed by atoms with Gasteiger partial charge in [-0.15, -0.1) is 0 Å². The van der Waals surface area contributed by atoms with E-state index in [0.717, 1.165) is 18.7 Å². The summed E-state index contributed by atoms with van der Waals surface area (Å²) in [6.07, 6.45) is 12.4. The first-order valence-electron chi connectivity index (χ1n) is 9.69. The van der Waals surface area contributed by atoms with Crippen molar-refractivity contribution in [3.05, 3.63) is 17.5 Å². The molecule has 0 aromatic carbocycles. The number of hydrogen-bond donors (Lipinski definition) is 1. The Morgan fingerprint density at radius 1 is 1.24 bits per heavy atom. The molecule has 2 heterocycles. The van der Waals surface area contributed by atoms with Crippen molar-refractivity contribution in [2.24, 2.45) is 0 Å². The van der Waals surface area contributed by atoms with Crippen LogP contribution in [0.15, 0.2) is 6.20 Å². The molecule has 0 unspecified atom stereocenters. The molecule has 1 N–H and O–H groups in total. The number of carbonyl (C=O) groups excluding carboxylic acids is 1. The third-order valence-corrected chi connectivity index (χ3v) is 5.92. The summed E-state index contributed by atoms with van der Waals surface area (Å²) < 4.78 is 4.84. The van der Waals surface area contributed by atoms with E-state index in [2.05, 4.69) is 27.0 Å². The molecule has 1 saturated carbocycles. The Hall–Kier alpha value is -1.40. The van der Waals surface area contributed by atoms with E-state index in [1.165, 1.54) is 71.6 Å². The first-order valence-corrected chi connectivity index (χ1v) is 9.69. The monoisotopic (exact) mass is 348 g/mol. The molecule has 1 aromatic rings. The zero-order valence-corrected chi connectivity index (χ0v) is 15.7. The van der Waals surface area contributed by atoms with Crippen LogP contribution in [0.4, 0.5) is 0 Å². The first-order chi connectivity index (χ1) is 12.1. The molecule has 3 rings (SSSR count). The van der Waals surface area contributed by atoms with Crippen LogP contribution in [-0.4, -0.2) is 65.3 Å². The maximum absolute atomic E-state index is 11.9. The van der Waals surface area contributed by atoms with Crippen molar-refractivity contribution in [1.82, 2.24) is 20.0 Å². The summed E-state index contributed by atoms with van der Waals surface area (Å²) in [5.74, 6) is -0.343. The Balaban J connectivity index is 1.69. The largest absolute Gasteiger partial charge is 0.464 e. The van der Waals surface area contributed by atoms with Gasteiger partial charge in [0.2, 0.25) is 0 Å². The number of H-pyrrole nitrogens is 1. The summed E-state index contributed by atoms with van der Waals surface area (Å²) in [7, 11) is 3.57. The lowest BCUT2D eigenvalue weighted by Crippen LogP contribution is -2.57. The van der Waals surface area contributed by atoms with E-state index in [1.54, 1.807) is 6.20 Å². The number of aromatic amines is 1. The molecule has 0 spiro atoms. The molecule has 25 heavy (non-hydrogen) atoms. The maximum atomic E-state index is 11.9. The van der Waals surface area contributed by atoms with Crippen molar-refractivity contribution >= 4 is 5.97 Å². The smallest absolute Gasteiger partial charge is 0.356 e. The number of ether oxygens (including phenoxy) is 1. The lowest BCUT2D eigenvalue weighted by Gasteiger charge is -2.50. The van der Waals surface area contributed by atoms with Crippen LogP contribution in [0, 0.1) is 0 Å². The lowest BCUT2D eigenvalue weighted by atomic mass is 9.78. The number of aromatic nitrogens is 2. The number of nitrogens with one attached hydrogen (secondary N) is 1. The van der Waals surface area contributed by atoms with E-state index in [0.29, 0.717) is 11.2 Å². The van der Waals surface area contributed by atoms with Crippen LogP contribution >= 0.6 is 0 Å². The van der Waals surface area contributed by atoms with Gasteiger partial charge in [0.05, 0.1) is 13.3 Å². The number of nitrogens with zero attached hydrogens (tertiary/aromatic N) is 3. The summed E-state index contributed by atoms with van der Waals surface area (Å²) in [5, 5.41) is 6.81. The first kappa shape index (κ1) is 18.4. The Labute approximate surface area is 150 Å². The third-order valence-electron chi connectivity index (χ3n) is 5.92. The van der Waals surface area contributed by atoms with E-state index in [-0.39, 0.29) is 5.97 Å². The van der Waals surface area contributed by atoms with Gasteiger partial charge in [0.15, 0.2) is 0 Å². The fourth-order valence-corrected chi connectivity index (χ4v) is 4.71. The Kier molecular flexibility index (Phi) is 6.12. The molecule has 0 bridgehead atoms. The van der Waals surface area contributed by atoms with Gasteiger partial charge in [0, 0.05) is 24.2 Å². The SMILES string of the molecule is COC(=O)c1[nH]ncc1CN(C)CC1(N2CCCCC2)CCCCC1. The molecular formula is C19H32N4O2. The van der Waals surface area contributed by atoms with Crippen LogP contribution in [0.25, 0.3) is 0 Å². The molecule has 6 nitrogen and oxygen atoms in total. The highest BCUT2D eigenvalue weighted by Gasteiger charge is 2.39. The summed E-state index contributed by atoms with van der Waals surface area (Å²) in [6, 6.07) is 0. The van der Waals surface area contributed by atoms with Gasteiger partial charge in [-0.2, -0.15) is 5.10 Å². The number of likely N-dealkylation sites (N-methyl/N-ethyl adjacent to an activating group) is 1. The molecule has 2 aliphatic rings. The summed E-state index contributed by atoms with van der Waals surface area (Å²) in [4.78, 5) is 17.0. The maximum Gasteiger partial charge on any atom is 0.356 e. The molecule has 0 atom stereocenters. The van der Waals surface area contributed by atoms with Gasteiger partial charge in [0.25, 0.3) is 0 Å². The average molecular weight is 348 g/mol. The van der Waals surface area contributed by atoms with E-state index >= 15 is 0 Å². The van der Waals surface area contributed by atoms with Gasteiger partial charge in [-0.1, -0.05) is 25.7 Å². The highest BCUT2D eigenvalue weighted by atomic mass is 16.5. The van der Waals surface area contributed by atoms with E-state index in [4.69, 9.17) is 4.74 Å². The predicted octanol–water partition coefficient (Wildman–Crippen LogP) is 2.82. The van der Waals surface area contributed by atoms with Gasteiger partial charge < -0.3 is 9.64 Å². The van der Waals surface area contributed by atoms with E-state index < -0.39 is 0 Å². The predicted molar refractivity (Wildman–Crippen MR) is 97.5 cm³/mol. The van der Waals surface area contributed by atoms with Crippen LogP contribution in [0.3, 0.4) is 0 Å². The number of esters is 1. The summed E-state index contributed by atoms with van der Waals surface area (Å²) in [6.45, 7) is 4.26. The Morgan fingerprint density at radius 2 is 1.92 bits per heavy atom. The Bertz CT molecular complexity index is 560. The van der Waals surface area contributed by atoms with Crippen LogP contribution < -0.4 is 0 Å². The minimum absolute atomic E-state index is 0.308. The lowest BCUT2D eigenvalue weighted by molar-refractivity contribution is 0.00779. The standard InChI is InChI=1S/C19H32N4O2/c1-22(14-16-13-20-21-17(16)18(24)25-2)15-19(9-5-3-6-10-19)23-11-7-4-8-12-23/h13H,3-12,14-15H2,1-2H3,(H,20,21). The number of rotatable bonds is 6. The molecule has 140 valence electrons. The molecule has 1 aliphatic heterocycles. The van der Waals surface area contributed by atoms with Crippen molar-refractivity contribution in [2.45, 2.75) is 63.5 Å². The van der Waals surface area contributed by atoms with Crippen LogP contribution in [0.1, 0.15) is 67.4 Å². The minimum Gasteiger partial charge on any atom is -0.464 e. The average Bonchev–Trinajstić information content (AvgIpc) is 3.10. The third kappa shape index (κ3) is 4.23. The Morgan fingerprint density at radius 3 is 2.60 bits per heavy atom. The van der Waals surface area contributed by atoms with E-state index in [9.17, 15) is 4.79 Å². The second-order valence-electron chi connectivity index (χ2n) is 7.77. The molecular weight excluding hydrogens is 316 g/mol. The van der Waals surface area contributed by atoms with Gasteiger partial charge in [-0.05, 0) is 45.8 Å². The molecule has 6 heteroatoms. The number of piperidine rings is 1. The van der Waals surface area contributed by atoms with Gasteiger partial charge in [-0.25, -0.2) is 4.79 Å². The zero-order chi connectivity index (χ0) is 17.7. The molecule has 1 aliphatic carbocycles. The van der Waals surface area contributed by atoms with E-state index in [1.807, 2.05) is 0 Å². The van der Waals surface area contributed by atoms with Crippen LogP contribution in [-0.2, 0) is 11.3 Å².